The molecule has 1 saturated carbocycles. The molecule has 0 atom stereocenters. The minimum absolute atomic E-state index is 0.793. The minimum Gasteiger partial charge on any atom is -0.0651 e. The van der Waals surface area contributed by atoms with Gasteiger partial charge in [-0.05, 0) is 59.9 Å². The first-order chi connectivity index (χ1) is 9.79. The molecule has 104 valence electrons. The van der Waals surface area contributed by atoms with Gasteiger partial charge in [0.1, 0.15) is 0 Å². The second-order valence-electron chi connectivity index (χ2n) is 6.11. The number of aryl methyl sites for hydroxylation is 2. The Balaban J connectivity index is 2.00. The minimum atomic E-state index is 0.793. The summed E-state index contributed by atoms with van der Waals surface area (Å²) in [7, 11) is 0. The Hall–Kier alpha value is -1.56. The Labute approximate surface area is 122 Å². The van der Waals surface area contributed by atoms with Gasteiger partial charge in [-0.3, -0.25) is 0 Å². The van der Waals surface area contributed by atoms with E-state index in [4.69, 9.17) is 0 Å². The molecule has 0 heterocycles. The highest BCUT2D eigenvalue weighted by molar-refractivity contribution is 5.71. The predicted octanol–water partition coefficient (Wildman–Crippen LogP) is 5.88. The van der Waals surface area contributed by atoms with Gasteiger partial charge in [-0.2, -0.15) is 0 Å². The SMILES string of the molecule is CCCc1ccc(-c2ccccc2C2CCC2)c(C)c1. The molecule has 0 spiro atoms. The third-order valence-electron chi connectivity index (χ3n) is 4.63. The van der Waals surface area contributed by atoms with E-state index < -0.39 is 0 Å². The quantitative estimate of drug-likeness (QED) is 0.646. The first-order valence-corrected chi connectivity index (χ1v) is 7.98. The van der Waals surface area contributed by atoms with Crippen LogP contribution in [0.2, 0.25) is 0 Å². The van der Waals surface area contributed by atoms with E-state index in [1.807, 2.05) is 0 Å². The maximum Gasteiger partial charge on any atom is -0.0146 e. The molecule has 0 unspecified atom stereocenters. The molecule has 0 nitrogen and oxygen atoms in total. The zero-order chi connectivity index (χ0) is 13.9. The molecule has 2 aromatic carbocycles. The molecule has 0 bridgehead atoms. The van der Waals surface area contributed by atoms with E-state index in [1.54, 1.807) is 5.56 Å². The summed E-state index contributed by atoms with van der Waals surface area (Å²) in [5, 5.41) is 0. The molecular weight excluding hydrogens is 240 g/mol. The van der Waals surface area contributed by atoms with Crippen molar-refractivity contribution in [3.05, 3.63) is 59.2 Å². The summed E-state index contributed by atoms with van der Waals surface area (Å²) >= 11 is 0. The zero-order valence-corrected chi connectivity index (χ0v) is 12.7. The number of benzene rings is 2. The summed E-state index contributed by atoms with van der Waals surface area (Å²) < 4.78 is 0. The van der Waals surface area contributed by atoms with E-state index >= 15 is 0 Å². The summed E-state index contributed by atoms with van der Waals surface area (Å²) in [6, 6.07) is 16.0. The Morgan fingerprint density at radius 2 is 1.80 bits per heavy atom. The van der Waals surface area contributed by atoms with Crippen molar-refractivity contribution in [3.8, 4) is 11.1 Å². The van der Waals surface area contributed by atoms with Crippen molar-refractivity contribution in [3.63, 3.8) is 0 Å². The van der Waals surface area contributed by atoms with Crippen molar-refractivity contribution < 1.29 is 0 Å². The van der Waals surface area contributed by atoms with Gasteiger partial charge in [0.25, 0.3) is 0 Å². The molecule has 1 aliphatic rings. The molecule has 0 aromatic heterocycles. The second-order valence-corrected chi connectivity index (χ2v) is 6.11. The van der Waals surface area contributed by atoms with E-state index in [2.05, 4.69) is 56.3 Å². The fourth-order valence-corrected chi connectivity index (χ4v) is 3.29. The van der Waals surface area contributed by atoms with Crippen molar-refractivity contribution in [1.29, 1.82) is 0 Å². The normalized spacial score (nSPS) is 15.1. The van der Waals surface area contributed by atoms with Crippen LogP contribution >= 0.6 is 0 Å². The van der Waals surface area contributed by atoms with Gasteiger partial charge in [0, 0.05) is 0 Å². The van der Waals surface area contributed by atoms with Crippen LogP contribution in [0.15, 0.2) is 42.5 Å². The molecule has 0 aliphatic heterocycles. The van der Waals surface area contributed by atoms with E-state index in [-0.39, 0.29) is 0 Å². The second kappa shape index (κ2) is 5.83. The van der Waals surface area contributed by atoms with E-state index in [9.17, 15) is 0 Å². The standard InChI is InChI=1S/C20H24/c1-3-7-16-12-13-18(15(2)14-16)20-11-5-4-10-19(20)17-8-6-9-17/h4-5,10-14,17H,3,6-9H2,1-2H3. The number of hydrogen-bond acceptors (Lipinski definition) is 0. The van der Waals surface area contributed by atoms with E-state index in [1.165, 1.54) is 54.4 Å². The molecule has 1 fully saturated rings. The fraction of sp³-hybridized carbons (Fsp3) is 0.400. The zero-order valence-electron chi connectivity index (χ0n) is 12.7. The first-order valence-electron chi connectivity index (χ1n) is 7.98. The number of rotatable bonds is 4. The lowest BCUT2D eigenvalue weighted by molar-refractivity contribution is 0.420. The van der Waals surface area contributed by atoms with Gasteiger partial charge in [0.15, 0.2) is 0 Å². The van der Waals surface area contributed by atoms with Gasteiger partial charge in [-0.1, -0.05) is 62.2 Å². The van der Waals surface area contributed by atoms with Crippen LogP contribution < -0.4 is 0 Å². The highest BCUT2D eigenvalue weighted by Gasteiger charge is 2.22. The van der Waals surface area contributed by atoms with Crippen LogP contribution in [-0.2, 0) is 6.42 Å². The van der Waals surface area contributed by atoms with Crippen LogP contribution in [-0.4, -0.2) is 0 Å². The summed E-state index contributed by atoms with van der Waals surface area (Å²) in [5.74, 6) is 0.793. The molecule has 3 rings (SSSR count). The van der Waals surface area contributed by atoms with Crippen molar-refractivity contribution in [2.24, 2.45) is 0 Å². The highest BCUT2D eigenvalue weighted by Crippen LogP contribution is 2.41. The third kappa shape index (κ3) is 2.52. The molecule has 0 radical (unpaired) electrons. The van der Waals surface area contributed by atoms with Crippen molar-refractivity contribution >= 4 is 0 Å². The summed E-state index contributed by atoms with van der Waals surface area (Å²) in [5.41, 5.74) is 7.33. The van der Waals surface area contributed by atoms with E-state index in [0.29, 0.717) is 0 Å². The molecule has 0 heteroatoms. The molecule has 20 heavy (non-hydrogen) atoms. The first kappa shape index (κ1) is 13.4. The van der Waals surface area contributed by atoms with Crippen LogP contribution in [0.25, 0.3) is 11.1 Å². The van der Waals surface area contributed by atoms with E-state index in [0.717, 1.165) is 5.92 Å². The largest absolute Gasteiger partial charge is 0.0651 e. The fourth-order valence-electron chi connectivity index (χ4n) is 3.29. The maximum atomic E-state index is 2.37. The average molecular weight is 264 g/mol. The Morgan fingerprint density at radius 1 is 1.00 bits per heavy atom. The Kier molecular flexibility index (Phi) is 3.91. The van der Waals surface area contributed by atoms with Crippen LogP contribution in [0.4, 0.5) is 0 Å². The topological polar surface area (TPSA) is 0 Å². The molecule has 0 saturated heterocycles. The summed E-state index contributed by atoms with van der Waals surface area (Å²) in [6.07, 6.45) is 6.53. The molecule has 1 aliphatic carbocycles. The van der Waals surface area contributed by atoms with Crippen LogP contribution in [0.5, 0.6) is 0 Å². The monoisotopic (exact) mass is 264 g/mol. The predicted molar refractivity (Wildman–Crippen MR) is 87.2 cm³/mol. The highest BCUT2D eigenvalue weighted by atomic mass is 14.3. The summed E-state index contributed by atoms with van der Waals surface area (Å²) in [4.78, 5) is 0. The smallest absolute Gasteiger partial charge is 0.0146 e. The third-order valence-corrected chi connectivity index (χ3v) is 4.63. The van der Waals surface area contributed by atoms with Crippen molar-refractivity contribution in [2.75, 3.05) is 0 Å². The summed E-state index contributed by atoms with van der Waals surface area (Å²) in [6.45, 7) is 4.50. The van der Waals surface area contributed by atoms with Crippen molar-refractivity contribution in [2.45, 2.75) is 51.9 Å². The lowest BCUT2D eigenvalue weighted by Crippen LogP contribution is -2.10. The Morgan fingerprint density at radius 3 is 2.45 bits per heavy atom. The molecular formula is C20H24. The molecule has 0 N–H and O–H groups in total. The van der Waals surface area contributed by atoms with Gasteiger partial charge in [0.2, 0.25) is 0 Å². The lowest BCUT2D eigenvalue weighted by Gasteiger charge is -2.28. The molecule has 2 aromatic rings. The molecule has 0 amide bonds. The van der Waals surface area contributed by atoms with Crippen LogP contribution in [0, 0.1) is 6.92 Å². The van der Waals surface area contributed by atoms with Gasteiger partial charge in [-0.15, -0.1) is 0 Å². The van der Waals surface area contributed by atoms with Gasteiger partial charge >= 0.3 is 0 Å². The Bertz CT molecular complexity index is 591. The van der Waals surface area contributed by atoms with Gasteiger partial charge in [-0.25, -0.2) is 0 Å². The maximum absolute atomic E-state index is 2.37. The number of hydrogen-bond donors (Lipinski definition) is 0. The van der Waals surface area contributed by atoms with Gasteiger partial charge < -0.3 is 0 Å². The van der Waals surface area contributed by atoms with Crippen molar-refractivity contribution in [1.82, 2.24) is 0 Å². The average Bonchev–Trinajstić information content (AvgIpc) is 2.38. The van der Waals surface area contributed by atoms with Crippen LogP contribution in [0.3, 0.4) is 0 Å². The van der Waals surface area contributed by atoms with Gasteiger partial charge in [0.05, 0.1) is 0 Å². The van der Waals surface area contributed by atoms with Crippen LogP contribution in [0.1, 0.15) is 55.2 Å². The lowest BCUT2D eigenvalue weighted by atomic mass is 9.77.